The van der Waals surface area contributed by atoms with Crippen LogP contribution in [0.4, 0.5) is 4.79 Å². The van der Waals surface area contributed by atoms with Crippen LogP contribution >= 0.6 is 0 Å². The van der Waals surface area contributed by atoms with Crippen LogP contribution in [0, 0.1) is 23.2 Å². The molecule has 6 nitrogen and oxygen atoms in total. The summed E-state index contributed by atoms with van der Waals surface area (Å²) in [6.45, 7) is 7.14. The number of carbonyl (C=O) groups is 2. The van der Waals surface area contributed by atoms with Crippen LogP contribution in [-0.4, -0.2) is 41.6 Å². The smallest absolute Gasteiger partial charge is 0.317 e. The minimum absolute atomic E-state index is 0.163. The lowest BCUT2D eigenvalue weighted by Crippen LogP contribution is -2.42. The Balaban J connectivity index is 3.96. The van der Waals surface area contributed by atoms with Gasteiger partial charge in [0.05, 0.1) is 12.0 Å². The maximum Gasteiger partial charge on any atom is 0.317 e. The van der Waals surface area contributed by atoms with Crippen LogP contribution in [0.2, 0.25) is 0 Å². The first-order valence-electron chi connectivity index (χ1n) is 7.04. The number of nitrogens with one attached hydrogen (secondary N) is 1. The summed E-state index contributed by atoms with van der Waals surface area (Å²) in [5.74, 6) is -0.710. The van der Waals surface area contributed by atoms with Gasteiger partial charge >= 0.3 is 12.0 Å². The second-order valence-corrected chi connectivity index (χ2v) is 5.13. The Morgan fingerprint density at radius 2 is 2.00 bits per heavy atom. The second-order valence-electron chi connectivity index (χ2n) is 5.13. The molecule has 2 N–H and O–H groups in total. The molecule has 2 unspecified atom stereocenters. The first kappa shape index (κ1) is 18.2. The number of aliphatic carboxylic acids is 1. The Morgan fingerprint density at radius 1 is 1.35 bits per heavy atom. The predicted octanol–water partition coefficient (Wildman–Crippen LogP) is 2.07. The lowest BCUT2D eigenvalue weighted by Gasteiger charge is -2.22. The fraction of sp³-hybridized carbons (Fsp3) is 0.786. The third kappa shape index (κ3) is 8.35. The van der Waals surface area contributed by atoms with E-state index in [-0.39, 0.29) is 24.3 Å². The van der Waals surface area contributed by atoms with Gasteiger partial charge in [-0.05, 0) is 32.6 Å². The molecule has 0 bridgehead atoms. The summed E-state index contributed by atoms with van der Waals surface area (Å²) in [7, 11) is 0. The van der Waals surface area contributed by atoms with Crippen molar-refractivity contribution in [3.8, 4) is 6.07 Å². The Morgan fingerprint density at radius 3 is 2.50 bits per heavy atom. The Bertz CT molecular complexity index is 352. The van der Waals surface area contributed by atoms with Gasteiger partial charge in [0, 0.05) is 26.1 Å². The van der Waals surface area contributed by atoms with Crippen LogP contribution in [0.3, 0.4) is 0 Å². The zero-order chi connectivity index (χ0) is 15.5. The number of nitriles is 1. The summed E-state index contributed by atoms with van der Waals surface area (Å²) in [4.78, 5) is 23.9. The van der Waals surface area contributed by atoms with E-state index in [1.54, 1.807) is 11.8 Å². The molecule has 114 valence electrons. The maximum absolute atomic E-state index is 11.9. The zero-order valence-electron chi connectivity index (χ0n) is 12.6. The SMILES string of the molecule is CCN(CC(C)C#N)C(=O)NCCC(C)CCC(=O)O. The summed E-state index contributed by atoms with van der Waals surface area (Å²) in [6, 6.07) is 1.94. The largest absolute Gasteiger partial charge is 0.481 e. The highest BCUT2D eigenvalue weighted by Crippen LogP contribution is 2.09. The van der Waals surface area contributed by atoms with Crippen molar-refractivity contribution >= 4 is 12.0 Å². The molecule has 0 aliphatic rings. The third-order valence-electron chi connectivity index (χ3n) is 3.15. The number of carbonyl (C=O) groups excluding carboxylic acids is 1. The Labute approximate surface area is 120 Å². The van der Waals surface area contributed by atoms with Gasteiger partial charge in [0.1, 0.15) is 0 Å². The molecule has 0 fully saturated rings. The van der Waals surface area contributed by atoms with E-state index in [4.69, 9.17) is 10.4 Å². The van der Waals surface area contributed by atoms with Crippen molar-refractivity contribution in [1.29, 1.82) is 5.26 Å². The number of urea groups is 1. The molecule has 0 aromatic carbocycles. The van der Waals surface area contributed by atoms with Gasteiger partial charge in [-0.1, -0.05) is 6.92 Å². The van der Waals surface area contributed by atoms with Crippen molar-refractivity contribution < 1.29 is 14.7 Å². The topological polar surface area (TPSA) is 93.4 Å². The molecule has 2 amide bonds. The van der Waals surface area contributed by atoms with Gasteiger partial charge in [-0.3, -0.25) is 4.79 Å². The number of carboxylic acids is 1. The average molecular weight is 283 g/mol. The molecule has 0 saturated heterocycles. The summed E-state index contributed by atoms with van der Waals surface area (Å²) in [5, 5.41) is 20.2. The van der Waals surface area contributed by atoms with E-state index in [1.807, 2.05) is 13.8 Å². The van der Waals surface area contributed by atoms with Crippen molar-refractivity contribution in [2.24, 2.45) is 11.8 Å². The summed E-state index contributed by atoms with van der Waals surface area (Å²) >= 11 is 0. The summed E-state index contributed by atoms with van der Waals surface area (Å²) in [6.07, 6.45) is 1.54. The molecule has 0 aliphatic heterocycles. The lowest BCUT2D eigenvalue weighted by molar-refractivity contribution is -0.137. The quantitative estimate of drug-likeness (QED) is 0.677. The van der Waals surface area contributed by atoms with Gasteiger partial charge in [-0.2, -0.15) is 5.26 Å². The second kappa shape index (κ2) is 10.1. The molecule has 0 heterocycles. The molecule has 0 aromatic heterocycles. The zero-order valence-corrected chi connectivity index (χ0v) is 12.6. The first-order chi connectivity index (χ1) is 9.40. The number of nitrogens with zero attached hydrogens (tertiary/aromatic N) is 2. The molecular weight excluding hydrogens is 258 g/mol. The van der Waals surface area contributed by atoms with Crippen LogP contribution in [0.15, 0.2) is 0 Å². The molecule has 6 heteroatoms. The molecule has 0 rings (SSSR count). The van der Waals surface area contributed by atoms with Crippen molar-refractivity contribution in [1.82, 2.24) is 10.2 Å². The first-order valence-corrected chi connectivity index (χ1v) is 7.04. The van der Waals surface area contributed by atoms with Crippen molar-refractivity contribution in [3.05, 3.63) is 0 Å². The molecule has 0 aliphatic carbocycles. The van der Waals surface area contributed by atoms with Gasteiger partial charge in [-0.15, -0.1) is 0 Å². The molecule has 2 atom stereocenters. The van der Waals surface area contributed by atoms with E-state index in [2.05, 4.69) is 11.4 Å². The van der Waals surface area contributed by atoms with Crippen LogP contribution in [0.1, 0.15) is 40.0 Å². The highest BCUT2D eigenvalue weighted by atomic mass is 16.4. The Hall–Kier alpha value is -1.77. The summed E-state index contributed by atoms with van der Waals surface area (Å²) in [5.41, 5.74) is 0. The van der Waals surface area contributed by atoms with E-state index >= 15 is 0 Å². The van der Waals surface area contributed by atoms with Crippen LogP contribution in [-0.2, 0) is 4.79 Å². The van der Waals surface area contributed by atoms with Crippen molar-refractivity contribution in [2.75, 3.05) is 19.6 Å². The normalized spacial score (nSPS) is 13.1. The third-order valence-corrected chi connectivity index (χ3v) is 3.15. The van der Waals surface area contributed by atoms with E-state index in [0.717, 1.165) is 6.42 Å². The number of hydrogen-bond acceptors (Lipinski definition) is 3. The highest BCUT2D eigenvalue weighted by Gasteiger charge is 2.14. The molecular formula is C14H25N3O3. The minimum Gasteiger partial charge on any atom is -0.481 e. The van der Waals surface area contributed by atoms with E-state index in [0.29, 0.717) is 26.1 Å². The molecule has 0 spiro atoms. The van der Waals surface area contributed by atoms with Crippen LogP contribution < -0.4 is 5.32 Å². The number of carboxylic acid groups (broad SMARTS) is 1. The Kier molecular flexibility index (Phi) is 9.18. The molecule has 0 aromatic rings. The van der Waals surface area contributed by atoms with Crippen LogP contribution in [0.5, 0.6) is 0 Å². The predicted molar refractivity (Wildman–Crippen MR) is 76.1 cm³/mol. The maximum atomic E-state index is 11.9. The van der Waals surface area contributed by atoms with E-state index in [9.17, 15) is 9.59 Å². The number of hydrogen-bond donors (Lipinski definition) is 2. The van der Waals surface area contributed by atoms with Crippen molar-refractivity contribution in [3.63, 3.8) is 0 Å². The average Bonchev–Trinajstić information content (AvgIpc) is 2.41. The van der Waals surface area contributed by atoms with Gasteiger partial charge in [0.15, 0.2) is 0 Å². The number of rotatable bonds is 9. The molecule has 0 saturated carbocycles. The monoisotopic (exact) mass is 283 g/mol. The van der Waals surface area contributed by atoms with Gasteiger partial charge in [-0.25, -0.2) is 4.79 Å². The van der Waals surface area contributed by atoms with Gasteiger partial charge in [0.25, 0.3) is 0 Å². The fourth-order valence-electron chi connectivity index (χ4n) is 1.78. The molecule has 20 heavy (non-hydrogen) atoms. The van der Waals surface area contributed by atoms with E-state index in [1.165, 1.54) is 0 Å². The fourth-order valence-corrected chi connectivity index (χ4v) is 1.78. The minimum atomic E-state index is -0.788. The standard InChI is InChI=1S/C14H25N3O3/c1-4-17(10-12(3)9-15)14(20)16-8-7-11(2)5-6-13(18)19/h11-12H,4-8,10H2,1-3H3,(H,16,20)(H,18,19). The van der Waals surface area contributed by atoms with E-state index < -0.39 is 5.97 Å². The molecule has 0 radical (unpaired) electrons. The number of amides is 2. The van der Waals surface area contributed by atoms with Gasteiger partial charge < -0.3 is 15.3 Å². The van der Waals surface area contributed by atoms with Crippen molar-refractivity contribution in [2.45, 2.75) is 40.0 Å². The van der Waals surface area contributed by atoms with Gasteiger partial charge in [0.2, 0.25) is 0 Å². The van der Waals surface area contributed by atoms with Crippen LogP contribution in [0.25, 0.3) is 0 Å². The lowest BCUT2D eigenvalue weighted by atomic mass is 10.0. The summed E-state index contributed by atoms with van der Waals surface area (Å²) < 4.78 is 0. The highest BCUT2D eigenvalue weighted by molar-refractivity contribution is 5.74.